The standard InChI is InChI=1S/C17H28N4O3.HI/c1-5-18-17(21-12-16(22)19-8-9-23-3)20-11-14-7-6-13(2)10-15(14)24-4;/h6-7,10H,5,8-9,11-12H2,1-4H3,(H,19,22)(H2,18,20,21);1H. The Labute approximate surface area is 167 Å². The van der Waals surface area contributed by atoms with E-state index in [9.17, 15) is 4.79 Å². The smallest absolute Gasteiger partial charge is 0.239 e. The first-order valence-electron chi connectivity index (χ1n) is 8.02. The summed E-state index contributed by atoms with van der Waals surface area (Å²) >= 11 is 0. The lowest BCUT2D eigenvalue weighted by Crippen LogP contribution is -2.43. The van der Waals surface area contributed by atoms with Crippen molar-refractivity contribution in [3.05, 3.63) is 29.3 Å². The number of nitrogens with one attached hydrogen (secondary N) is 3. The fraction of sp³-hybridized carbons (Fsp3) is 0.529. The van der Waals surface area contributed by atoms with Crippen LogP contribution in [0.4, 0.5) is 0 Å². The van der Waals surface area contributed by atoms with Gasteiger partial charge in [-0.25, -0.2) is 4.99 Å². The van der Waals surface area contributed by atoms with Crippen LogP contribution < -0.4 is 20.7 Å². The molecule has 0 aliphatic heterocycles. The Morgan fingerprint density at radius 2 is 1.96 bits per heavy atom. The number of guanidine groups is 1. The van der Waals surface area contributed by atoms with E-state index >= 15 is 0 Å². The summed E-state index contributed by atoms with van der Waals surface area (Å²) in [4.78, 5) is 16.2. The van der Waals surface area contributed by atoms with Crippen LogP contribution in [0.25, 0.3) is 0 Å². The van der Waals surface area contributed by atoms with Crippen LogP contribution in [0.5, 0.6) is 5.75 Å². The first-order valence-corrected chi connectivity index (χ1v) is 8.02. The third-order valence-corrected chi connectivity index (χ3v) is 3.24. The summed E-state index contributed by atoms with van der Waals surface area (Å²) in [6, 6.07) is 6.00. The fourth-order valence-corrected chi connectivity index (χ4v) is 2.01. The van der Waals surface area contributed by atoms with Crippen LogP contribution in [-0.4, -0.2) is 52.3 Å². The van der Waals surface area contributed by atoms with E-state index in [2.05, 4.69) is 20.9 Å². The molecule has 25 heavy (non-hydrogen) atoms. The van der Waals surface area contributed by atoms with Crippen LogP contribution in [0.1, 0.15) is 18.1 Å². The first-order chi connectivity index (χ1) is 11.6. The second-order valence-electron chi connectivity index (χ2n) is 5.21. The predicted octanol–water partition coefficient (Wildman–Crippen LogP) is 1.44. The topological polar surface area (TPSA) is 84.0 Å². The third-order valence-electron chi connectivity index (χ3n) is 3.24. The van der Waals surface area contributed by atoms with Crippen LogP contribution in [0, 0.1) is 6.92 Å². The second kappa shape index (κ2) is 13.7. The van der Waals surface area contributed by atoms with Gasteiger partial charge in [-0.1, -0.05) is 12.1 Å². The van der Waals surface area contributed by atoms with Gasteiger partial charge < -0.3 is 25.4 Å². The number of amides is 1. The molecule has 0 bridgehead atoms. The van der Waals surface area contributed by atoms with Gasteiger partial charge >= 0.3 is 0 Å². The Hall–Kier alpha value is -1.55. The minimum absolute atomic E-state index is 0. The monoisotopic (exact) mass is 464 g/mol. The molecule has 0 spiro atoms. The van der Waals surface area contributed by atoms with E-state index in [1.807, 2.05) is 32.0 Å². The Balaban J connectivity index is 0.00000576. The summed E-state index contributed by atoms with van der Waals surface area (Å²) < 4.78 is 10.3. The van der Waals surface area contributed by atoms with Gasteiger partial charge in [-0.2, -0.15) is 0 Å². The minimum atomic E-state index is -0.106. The molecule has 142 valence electrons. The molecule has 0 unspecified atom stereocenters. The molecule has 0 saturated carbocycles. The maximum Gasteiger partial charge on any atom is 0.239 e. The molecule has 1 aromatic rings. The highest BCUT2D eigenvalue weighted by atomic mass is 127. The number of rotatable bonds is 9. The van der Waals surface area contributed by atoms with Crippen molar-refractivity contribution >= 4 is 35.8 Å². The number of halogens is 1. The highest BCUT2D eigenvalue weighted by molar-refractivity contribution is 14.0. The second-order valence-corrected chi connectivity index (χ2v) is 5.21. The van der Waals surface area contributed by atoms with E-state index in [1.165, 1.54) is 0 Å². The number of methoxy groups -OCH3 is 2. The maximum absolute atomic E-state index is 11.7. The molecule has 0 aromatic heterocycles. The van der Waals surface area contributed by atoms with Gasteiger partial charge in [-0.15, -0.1) is 24.0 Å². The van der Waals surface area contributed by atoms with E-state index in [0.29, 0.717) is 32.2 Å². The summed E-state index contributed by atoms with van der Waals surface area (Å²) in [5, 5.41) is 8.88. The molecule has 0 fully saturated rings. The molecule has 8 heteroatoms. The van der Waals surface area contributed by atoms with E-state index in [4.69, 9.17) is 9.47 Å². The molecule has 0 aliphatic rings. The van der Waals surface area contributed by atoms with E-state index in [1.54, 1.807) is 14.2 Å². The highest BCUT2D eigenvalue weighted by Crippen LogP contribution is 2.20. The van der Waals surface area contributed by atoms with Crippen molar-refractivity contribution in [1.29, 1.82) is 0 Å². The van der Waals surface area contributed by atoms with Crippen LogP contribution in [0.15, 0.2) is 23.2 Å². The molecular formula is C17H29IN4O3. The fourth-order valence-electron chi connectivity index (χ4n) is 2.01. The molecule has 0 aliphatic carbocycles. The van der Waals surface area contributed by atoms with Crippen LogP contribution in [-0.2, 0) is 16.1 Å². The maximum atomic E-state index is 11.7. The van der Waals surface area contributed by atoms with Gasteiger partial charge in [0, 0.05) is 25.8 Å². The quantitative estimate of drug-likeness (QED) is 0.223. The number of benzene rings is 1. The minimum Gasteiger partial charge on any atom is -0.496 e. The van der Waals surface area contributed by atoms with Crippen molar-refractivity contribution in [2.75, 3.05) is 40.5 Å². The Morgan fingerprint density at radius 3 is 2.60 bits per heavy atom. The Bertz CT molecular complexity index is 553. The molecule has 1 amide bonds. The lowest BCUT2D eigenvalue weighted by Gasteiger charge is -2.12. The van der Waals surface area contributed by atoms with Gasteiger partial charge in [0.2, 0.25) is 5.91 Å². The summed E-state index contributed by atoms with van der Waals surface area (Å²) in [5.41, 5.74) is 2.13. The molecule has 3 N–H and O–H groups in total. The van der Waals surface area contributed by atoms with Crippen LogP contribution in [0.3, 0.4) is 0 Å². The number of nitrogens with zero attached hydrogens (tertiary/aromatic N) is 1. The van der Waals surface area contributed by atoms with Crippen molar-refractivity contribution in [3.8, 4) is 5.75 Å². The van der Waals surface area contributed by atoms with Gasteiger partial charge in [0.05, 0.1) is 26.8 Å². The van der Waals surface area contributed by atoms with E-state index in [0.717, 1.165) is 16.9 Å². The van der Waals surface area contributed by atoms with E-state index in [-0.39, 0.29) is 36.4 Å². The average molecular weight is 464 g/mol. The summed E-state index contributed by atoms with van der Waals surface area (Å²) in [6.07, 6.45) is 0. The van der Waals surface area contributed by atoms with Gasteiger partial charge in [0.25, 0.3) is 0 Å². The van der Waals surface area contributed by atoms with Crippen molar-refractivity contribution in [2.24, 2.45) is 4.99 Å². The number of aryl methyl sites for hydroxylation is 1. The first kappa shape index (κ1) is 23.4. The Kier molecular flexibility index (Phi) is 12.9. The molecule has 0 heterocycles. The van der Waals surface area contributed by atoms with Crippen LogP contribution >= 0.6 is 24.0 Å². The van der Waals surface area contributed by atoms with Gasteiger partial charge in [-0.3, -0.25) is 4.79 Å². The van der Waals surface area contributed by atoms with Crippen molar-refractivity contribution in [2.45, 2.75) is 20.4 Å². The summed E-state index contributed by atoms with van der Waals surface area (Å²) in [6.45, 7) is 6.30. The largest absolute Gasteiger partial charge is 0.496 e. The zero-order valence-electron chi connectivity index (χ0n) is 15.3. The predicted molar refractivity (Wildman–Crippen MR) is 111 cm³/mol. The van der Waals surface area contributed by atoms with Gasteiger partial charge in [0.15, 0.2) is 5.96 Å². The van der Waals surface area contributed by atoms with E-state index < -0.39 is 0 Å². The molecule has 1 aromatic carbocycles. The molecular weight excluding hydrogens is 435 g/mol. The SMILES string of the molecule is CCNC(=NCc1ccc(C)cc1OC)NCC(=O)NCCOC.I. The molecule has 0 atom stereocenters. The van der Waals surface area contributed by atoms with Gasteiger partial charge in [-0.05, 0) is 25.5 Å². The zero-order chi connectivity index (χ0) is 17.8. The number of carbonyl (C=O) groups is 1. The number of hydrogen-bond donors (Lipinski definition) is 3. The lowest BCUT2D eigenvalue weighted by atomic mass is 10.1. The zero-order valence-corrected chi connectivity index (χ0v) is 17.7. The summed E-state index contributed by atoms with van der Waals surface area (Å²) in [7, 11) is 3.25. The number of ether oxygens (including phenoxy) is 2. The molecule has 0 radical (unpaired) electrons. The summed E-state index contributed by atoms with van der Waals surface area (Å²) in [5.74, 6) is 1.29. The normalized spacial score (nSPS) is 10.6. The number of hydrogen-bond acceptors (Lipinski definition) is 4. The number of aliphatic imine (C=N–C) groups is 1. The van der Waals surface area contributed by atoms with Crippen molar-refractivity contribution in [1.82, 2.24) is 16.0 Å². The molecule has 7 nitrogen and oxygen atoms in total. The van der Waals surface area contributed by atoms with Crippen molar-refractivity contribution in [3.63, 3.8) is 0 Å². The molecule has 1 rings (SSSR count). The van der Waals surface area contributed by atoms with Gasteiger partial charge in [0.1, 0.15) is 5.75 Å². The number of carbonyl (C=O) groups excluding carboxylic acids is 1. The third kappa shape index (κ3) is 9.49. The van der Waals surface area contributed by atoms with Crippen LogP contribution in [0.2, 0.25) is 0 Å². The van der Waals surface area contributed by atoms with Crippen molar-refractivity contribution < 1.29 is 14.3 Å². The highest BCUT2D eigenvalue weighted by Gasteiger charge is 2.05. The molecule has 0 saturated heterocycles. The Morgan fingerprint density at radius 1 is 1.20 bits per heavy atom. The average Bonchev–Trinajstić information content (AvgIpc) is 2.58. The lowest BCUT2D eigenvalue weighted by molar-refractivity contribution is -0.120.